The number of thiophene rings is 1. The number of sulfonamides is 1. The fourth-order valence-corrected chi connectivity index (χ4v) is 4.93. The van der Waals surface area contributed by atoms with E-state index in [-0.39, 0.29) is 6.54 Å². The van der Waals surface area contributed by atoms with Crippen molar-refractivity contribution in [2.45, 2.75) is 18.4 Å². The van der Waals surface area contributed by atoms with Gasteiger partial charge in [-0.2, -0.15) is 5.10 Å². The fraction of sp³-hybridized carbons (Fsp3) is 0.300. The lowest BCUT2D eigenvalue weighted by Gasteiger charge is -2.06. The van der Waals surface area contributed by atoms with Crippen LogP contribution in [0.2, 0.25) is 0 Å². The average molecular weight is 350 g/mol. The largest absolute Gasteiger partial charge is 0.271 e. The summed E-state index contributed by atoms with van der Waals surface area (Å²) in [5.41, 5.74) is 0.811. The van der Waals surface area contributed by atoms with Crippen LogP contribution in [0.3, 0.4) is 0 Å². The maximum atomic E-state index is 12.1. The summed E-state index contributed by atoms with van der Waals surface area (Å²) in [5.74, 6) is 0. The summed E-state index contributed by atoms with van der Waals surface area (Å²) in [6.07, 6.45) is 1.63. The van der Waals surface area contributed by atoms with Gasteiger partial charge in [0, 0.05) is 18.1 Å². The van der Waals surface area contributed by atoms with Gasteiger partial charge in [-0.25, -0.2) is 13.1 Å². The lowest BCUT2D eigenvalue weighted by atomic mass is 10.4. The molecule has 2 aromatic heterocycles. The quantitative estimate of drug-likeness (QED) is 0.918. The van der Waals surface area contributed by atoms with Gasteiger partial charge in [-0.15, -0.1) is 11.3 Å². The Kier molecular flexibility index (Phi) is 3.90. The molecule has 0 aliphatic carbocycles. The summed E-state index contributed by atoms with van der Waals surface area (Å²) in [7, 11) is -1.70. The summed E-state index contributed by atoms with van der Waals surface area (Å²) in [5, 5.41) is 3.99. The van der Waals surface area contributed by atoms with Crippen molar-refractivity contribution in [1.82, 2.24) is 14.5 Å². The molecular weight excluding hydrogens is 338 g/mol. The SMILES string of the molecule is Cc1sc(Br)cc1S(=O)(=O)NCc1ccnn1C. The number of nitrogens with zero attached hydrogens (tertiary/aromatic N) is 2. The van der Waals surface area contributed by atoms with Crippen molar-refractivity contribution in [2.24, 2.45) is 7.05 Å². The molecule has 8 heteroatoms. The minimum Gasteiger partial charge on any atom is -0.271 e. The molecule has 0 aliphatic heterocycles. The topological polar surface area (TPSA) is 64.0 Å². The molecule has 2 rings (SSSR count). The van der Waals surface area contributed by atoms with Gasteiger partial charge in [0.2, 0.25) is 10.0 Å². The van der Waals surface area contributed by atoms with Gasteiger partial charge >= 0.3 is 0 Å². The van der Waals surface area contributed by atoms with Crippen molar-refractivity contribution >= 4 is 37.3 Å². The number of aromatic nitrogens is 2. The number of halogens is 1. The molecular formula is C10H12BrN3O2S2. The third-order valence-corrected chi connectivity index (χ3v) is 5.71. The van der Waals surface area contributed by atoms with Crippen LogP contribution in [-0.4, -0.2) is 18.2 Å². The standard InChI is InChI=1S/C10H12BrN3O2S2/c1-7-9(5-10(11)17-7)18(15,16)13-6-8-3-4-12-14(8)2/h3-5,13H,6H2,1-2H3. The number of rotatable bonds is 4. The molecule has 0 saturated carbocycles. The van der Waals surface area contributed by atoms with Crippen LogP contribution in [0.1, 0.15) is 10.6 Å². The Balaban J connectivity index is 2.18. The highest BCUT2D eigenvalue weighted by molar-refractivity contribution is 9.11. The van der Waals surface area contributed by atoms with E-state index in [2.05, 4.69) is 25.8 Å². The lowest BCUT2D eigenvalue weighted by molar-refractivity contribution is 0.577. The third-order valence-electron chi connectivity index (χ3n) is 2.50. The molecule has 0 fully saturated rings. The van der Waals surface area contributed by atoms with Gasteiger partial charge < -0.3 is 0 Å². The van der Waals surface area contributed by atoms with Crippen LogP contribution in [0.25, 0.3) is 0 Å². The summed E-state index contributed by atoms with van der Waals surface area (Å²) in [6, 6.07) is 3.39. The first-order chi connectivity index (χ1) is 8.40. The minimum absolute atomic E-state index is 0.228. The van der Waals surface area contributed by atoms with Gasteiger partial charge in [0.25, 0.3) is 0 Å². The highest BCUT2D eigenvalue weighted by Crippen LogP contribution is 2.29. The van der Waals surface area contributed by atoms with Crippen molar-refractivity contribution in [2.75, 3.05) is 0 Å². The Morgan fingerprint density at radius 3 is 2.78 bits per heavy atom. The normalized spacial score (nSPS) is 11.9. The number of nitrogens with one attached hydrogen (secondary N) is 1. The molecule has 0 bridgehead atoms. The Morgan fingerprint density at radius 2 is 2.28 bits per heavy atom. The van der Waals surface area contributed by atoms with Crippen molar-refractivity contribution in [1.29, 1.82) is 0 Å². The molecule has 0 radical (unpaired) electrons. The molecule has 0 aliphatic rings. The first-order valence-corrected chi connectivity index (χ1v) is 8.22. The zero-order valence-electron chi connectivity index (χ0n) is 9.84. The second-order valence-corrected chi connectivity index (χ2v) is 8.11. The maximum Gasteiger partial charge on any atom is 0.242 e. The van der Waals surface area contributed by atoms with E-state index in [1.807, 2.05) is 0 Å². The monoisotopic (exact) mass is 349 g/mol. The Bertz CT molecular complexity index is 660. The van der Waals surface area contributed by atoms with Crippen LogP contribution in [0.5, 0.6) is 0 Å². The molecule has 18 heavy (non-hydrogen) atoms. The molecule has 0 spiro atoms. The minimum atomic E-state index is -3.47. The average Bonchev–Trinajstić information content (AvgIpc) is 2.82. The Hall–Kier alpha value is -0.700. The van der Waals surface area contributed by atoms with Gasteiger partial charge in [0.1, 0.15) is 0 Å². The van der Waals surface area contributed by atoms with E-state index in [9.17, 15) is 8.42 Å². The van der Waals surface area contributed by atoms with Crippen LogP contribution in [0.4, 0.5) is 0 Å². The molecule has 2 heterocycles. The summed E-state index contributed by atoms with van der Waals surface area (Å²) in [4.78, 5) is 1.08. The highest BCUT2D eigenvalue weighted by atomic mass is 79.9. The van der Waals surface area contributed by atoms with Crippen molar-refractivity contribution in [3.8, 4) is 0 Å². The van der Waals surface area contributed by atoms with E-state index in [1.165, 1.54) is 11.3 Å². The second-order valence-electron chi connectivity index (χ2n) is 3.74. The summed E-state index contributed by atoms with van der Waals surface area (Å²) in [6.45, 7) is 2.01. The van der Waals surface area contributed by atoms with Crippen LogP contribution < -0.4 is 4.72 Å². The van der Waals surface area contributed by atoms with E-state index >= 15 is 0 Å². The zero-order valence-corrected chi connectivity index (χ0v) is 13.1. The van der Waals surface area contributed by atoms with E-state index in [4.69, 9.17) is 0 Å². The molecule has 5 nitrogen and oxygen atoms in total. The fourth-order valence-electron chi connectivity index (χ4n) is 1.52. The molecule has 0 aromatic carbocycles. The number of hydrogen-bond donors (Lipinski definition) is 1. The smallest absolute Gasteiger partial charge is 0.242 e. The predicted octanol–water partition coefficient (Wildman–Crippen LogP) is 2.03. The summed E-state index contributed by atoms with van der Waals surface area (Å²) >= 11 is 4.69. The number of hydrogen-bond acceptors (Lipinski definition) is 4. The first-order valence-electron chi connectivity index (χ1n) is 5.12. The second kappa shape index (κ2) is 5.12. The van der Waals surface area contributed by atoms with Crippen molar-refractivity contribution < 1.29 is 8.42 Å². The maximum absolute atomic E-state index is 12.1. The molecule has 0 unspecified atom stereocenters. The van der Waals surface area contributed by atoms with Crippen molar-refractivity contribution in [3.63, 3.8) is 0 Å². The number of aryl methyl sites for hydroxylation is 2. The van der Waals surface area contributed by atoms with Crippen molar-refractivity contribution in [3.05, 3.63) is 32.7 Å². The highest BCUT2D eigenvalue weighted by Gasteiger charge is 2.19. The van der Waals surface area contributed by atoms with E-state index in [1.54, 1.807) is 37.0 Å². The summed E-state index contributed by atoms with van der Waals surface area (Å²) < 4.78 is 29.2. The van der Waals surface area contributed by atoms with Gasteiger partial charge in [-0.1, -0.05) is 0 Å². The molecule has 0 saturated heterocycles. The molecule has 0 atom stereocenters. The predicted molar refractivity (Wildman–Crippen MR) is 74.0 cm³/mol. The van der Waals surface area contributed by atoms with E-state index < -0.39 is 10.0 Å². The van der Waals surface area contributed by atoms with Gasteiger partial charge in [-0.3, -0.25) is 4.68 Å². The zero-order chi connectivity index (χ0) is 13.3. The molecule has 2 aromatic rings. The molecule has 98 valence electrons. The van der Waals surface area contributed by atoms with Crippen LogP contribution >= 0.6 is 27.3 Å². The Morgan fingerprint density at radius 1 is 1.56 bits per heavy atom. The van der Waals surface area contributed by atoms with Gasteiger partial charge in [0.05, 0.1) is 20.9 Å². The Labute approximate surface area is 118 Å². The molecule has 0 amide bonds. The lowest BCUT2D eigenvalue weighted by Crippen LogP contribution is -2.24. The van der Waals surface area contributed by atoms with Gasteiger partial charge in [0.15, 0.2) is 0 Å². The van der Waals surface area contributed by atoms with Crippen LogP contribution in [0, 0.1) is 6.92 Å². The van der Waals surface area contributed by atoms with E-state index in [0.717, 1.165) is 14.4 Å². The van der Waals surface area contributed by atoms with Gasteiger partial charge in [-0.05, 0) is 35.0 Å². The van der Waals surface area contributed by atoms with Crippen LogP contribution in [-0.2, 0) is 23.6 Å². The first kappa shape index (κ1) is 13.7. The van der Waals surface area contributed by atoms with Crippen LogP contribution in [0.15, 0.2) is 27.0 Å². The van der Waals surface area contributed by atoms with E-state index in [0.29, 0.717) is 4.90 Å². The third kappa shape index (κ3) is 2.82. The molecule has 1 N–H and O–H groups in total.